The fraction of sp³-hybridized carbons (Fsp3) is 0.250. The Morgan fingerprint density at radius 2 is 1.95 bits per heavy atom. The highest BCUT2D eigenvalue weighted by Gasteiger charge is 2.30. The first kappa shape index (κ1) is 15.0. The van der Waals surface area contributed by atoms with Crippen molar-refractivity contribution in [1.29, 1.82) is 0 Å². The molecule has 2 aromatic carbocycles. The second kappa shape index (κ2) is 5.94. The van der Waals surface area contributed by atoms with Gasteiger partial charge in [0.1, 0.15) is 11.6 Å². The molecule has 0 bridgehead atoms. The molecular formula is C16H16BrFO2. The molecule has 0 saturated heterocycles. The monoisotopic (exact) mass is 338 g/mol. The Balaban J connectivity index is 2.40. The van der Waals surface area contributed by atoms with E-state index in [1.165, 1.54) is 13.2 Å². The zero-order valence-corrected chi connectivity index (χ0v) is 12.9. The van der Waals surface area contributed by atoms with Gasteiger partial charge in [-0.1, -0.05) is 34.1 Å². The molecule has 106 valence electrons. The average molecular weight is 339 g/mol. The van der Waals surface area contributed by atoms with Gasteiger partial charge in [-0.15, -0.1) is 0 Å². The molecule has 20 heavy (non-hydrogen) atoms. The summed E-state index contributed by atoms with van der Waals surface area (Å²) in [6.07, 6.45) is 0.295. The molecule has 4 heteroatoms. The third kappa shape index (κ3) is 3.19. The first-order valence-electron chi connectivity index (χ1n) is 6.24. The van der Waals surface area contributed by atoms with Crippen LogP contribution in [0.25, 0.3) is 0 Å². The molecule has 0 aliphatic heterocycles. The number of methoxy groups -OCH3 is 1. The Hall–Kier alpha value is -1.39. The SMILES string of the molecule is COc1cccc(F)c1C(C)(O)Cc1cccc(Br)c1. The van der Waals surface area contributed by atoms with E-state index in [9.17, 15) is 9.50 Å². The van der Waals surface area contributed by atoms with Gasteiger partial charge in [-0.25, -0.2) is 4.39 Å². The summed E-state index contributed by atoms with van der Waals surface area (Å²) in [4.78, 5) is 0. The standard InChI is InChI=1S/C16H16BrFO2/c1-16(19,10-11-5-3-6-12(17)9-11)15-13(18)7-4-8-14(15)20-2/h3-9,19H,10H2,1-2H3. The van der Waals surface area contributed by atoms with E-state index in [2.05, 4.69) is 15.9 Å². The van der Waals surface area contributed by atoms with Crippen molar-refractivity contribution in [1.82, 2.24) is 0 Å². The molecule has 0 fully saturated rings. The lowest BCUT2D eigenvalue weighted by molar-refractivity contribution is 0.0510. The van der Waals surface area contributed by atoms with Crippen LogP contribution in [0.15, 0.2) is 46.9 Å². The van der Waals surface area contributed by atoms with Gasteiger partial charge in [-0.05, 0) is 36.8 Å². The second-order valence-corrected chi connectivity index (χ2v) is 5.81. The van der Waals surface area contributed by atoms with Crippen molar-refractivity contribution in [2.75, 3.05) is 7.11 Å². The molecule has 1 atom stereocenters. The van der Waals surface area contributed by atoms with E-state index < -0.39 is 11.4 Å². The lowest BCUT2D eigenvalue weighted by Crippen LogP contribution is -2.26. The first-order valence-corrected chi connectivity index (χ1v) is 7.03. The highest BCUT2D eigenvalue weighted by atomic mass is 79.9. The van der Waals surface area contributed by atoms with E-state index >= 15 is 0 Å². The number of rotatable bonds is 4. The van der Waals surface area contributed by atoms with Crippen LogP contribution in [-0.2, 0) is 12.0 Å². The molecule has 0 heterocycles. The number of halogens is 2. The van der Waals surface area contributed by atoms with Gasteiger partial charge in [0, 0.05) is 10.9 Å². The van der Waals surface area contributed by atoms with Gasteiger partial charge in [0.05, 0.1) is 18.3 Å². The van der Waals surface area contributed by atoms with Crippen LogP contribution in [0.3, 0.4) is 0 Å². The van der Waals surface area contributed by atoms with Crippen molar-refractivity contribution in [3.05, 3.63) is 63.9 Å². The maximum absolute atomic E-state index is 14.1. The average Bonchev–Trinajstić information content (AvgIpc) is 2.37. The van der Waals surface area contributed by atoms with Crippen molar-refractivity contribution in [2.24, 2.45) is 0 Å². The zero-order chi connectivity index (χ0) is 14.8. The third-order valence-corrected chi connectivity index (χ3v) is 3.66. The van der Waals surface area contributed by atoms with Crippen LogP contribution in [0.2, 0.25) is 0 Å². The van der Waals surface area contributed by atoms with E-state index in [0.717, 1.165) is 10.0 Å². The maximum atomic E-state index is 14.1. The molecule has 1 N–H and O–H groups in total. The summed E-state index contributed by atoms with van der Waals surface area (Å²) in [7, 11) is 1.47. The Labute approximate surface area is 126 Å². The summed E-state index contributed by atoms with van der Waals surface area (Å²) >= 11 is 3.39. The predicted molar refractivity (Wildman–Crippen MR) is 80.4 cm³/mol. The van der Waals surface area contributed by atoms with E-state index in [-0.39, 0.29) is 5.56 Å². The van der Waals surface area contributed by atoms with Crippen molar-refractivity contribution in [2.45, 2.75) is 18.9 Å². The van der Waals surface area contributed by atoms with Crippen LogP contribution in [0, 0.1) is 5.82 Å². The van der Waals surface area contributed by atoms with Crippen LogP contribution < -0.4 is 4.74 Å². The summed E-state index contributed by atoms with van der Waals surface area (Å²) in [6, 6.07) is 12.1. The van der Waals surface area contributed by atoms with Crippen molar-refractivity contribution >= 4 is 15.9 Å². The molecule has 0 radical (unpaired) electrons. The van der Waals surface area contributed by atoms with Gasteiger partial charge in [-0.2, -0.15) is 0 Å². The molecular weight excluding hydrogens is 323 g/mol. The van der Waals surface area contributed by atoms with E-state index in [4.69, 9.17) is 4.74 Å². The van der Waals surface area contributed by atoms with Crippen LogP contribution in [0.4, 0.5) is 4.39 Å². The number of hydrogen-bond acceptors (Lipinski definition) is 2. The predicted octanol–water partition coefficient (Wildman–Crippen LogP) is 4.05. The van der Waals surface area contributed by atoms with Gasteiger partial charge in [-0.3, -0.25) is 0 Å². The molecule has 2 aromatic rings. The first-order chi connectivity index (χ1) is 9.44. The smallest absolute Gasteiger partial charge is 0.133 e. The van der Waals surface area contributed by atoms with Crippen LogP contribution in [-0.4, -0.2) is 12.2 Å². The van der Waals surface area contributed by atoms with Crippen LogP contribution in [0.1, 0.15) is 18.1 Å². The highest BCUT2D eigenvalue weighted by Crippen LogP contribution is 2.35. The molecule has 0 spiro atoms. The van der Waals surface area contributed by atoms with Crippen molar-refractivity contribution in [3.8, 4) is 5.75 Å². The number of hydrogen-bond donors (Lipinski definition) is 1. The van der Waals surface area contributed by atoms with Gasteiger partial charge in [0.2, 0.25) is 0 Å². The van der Waals surface area contributed by atoms with E-state index in [1.54, 1.807) is 19.1 Å². The minimum Gasteiger partial charge on any atom is -0.496 e. The fourth-order valence-electron chi connectivity index (χ4n) is 2.33. The molecule has 0 aliphatic rings. The van der Waals surface area contributed by atoms with E-state index in [0.29, 0.717) is 12.2 Å². The van der Waals surface area contributed by atoms with Crippen LogP contribution in [0.5, 0.6) is 5.75 Å². The number of ether oxygens (including phenoxy) is 1. The zero-order valence-electron chi connectivity index (χ0n) is 11.4. The van der Waals surface area contributed by atoms with Crippen LogP contribution >= 0.6 is 15.9 Å². The largest absolute Gasteiger partial charge is 0.496 e. The van der Waals surface area contributed by atoms with Crippen molar-refractivity contribution < 1.29 is 14.2 Å². The maximum Gasteiger partial charge on any atom is 0.133 e. The number of benzene rings is 2. The summed E-state index contributed by atoms with van der Waals surface area (Å²) in [5.74, 6) is -0.116. The Morgan fingerprint density at radius 3 is 2.60 bits per heavy atom. The Morgan fingerprint density at radius 1 is 1.25 bits per heavy atom. The minimum absolute atomic E-state index is 0.183. The highest BCUT2D eigenvalue weighted by molar-refractivity contribution is 9.10. The quantitative estimate of drug-likeness (QED) is 0.911. The fourth-order valence-corrected chi connectivity index (χ4v) is 2.78. The van der Waals surface area contributed by atoms with Gasteiger partial charge < -0.3 is 9.84 Å². The molecule has 0 saturated carbocycles. The summed E-state index contributed by atoms with van der Waals surface area (Å²) in [6.45, 7) is 1.59. The summed E-state index contributed by atoms with van der Waals surface area (Å²) in [5.41, 5.74) is -0.255. The Kier molecular flexibility index (Phi) is 4.45. The topological polar surface area (TPSA) is 29.5 Å². The lowest BCUT2D eigenvalue weighted by Gasteiger charge is -2.26. The third-order valence-electron chi connectivity index (χ3n) is 3.17. The molecule has 2 nitrogen and oxygen atoms in total. The molecule has 2 rings (SSSR count). The summed E-state index contributed by atoms with van der Waals surface area (Å²) in [5, 5.41) is 10.7. The second-order valence-electron chi connectivity index (χ2n) is 4.90. The lowest BCUT2D eigenvalue weighted by atomic mass is 9.88. The van der Waals surface area contributed by atoms with Gasteiger partial charge in [0.25, 0.3) is 0 Å². The normalized spacial score (nSPS) is 13.8. The van der Waals surface area contributed by atoms with Gasteiger partial charge in [0.15, 0.2) is 0 Å². The molecule has 0 aromatic heterocycles. The molecule has 0 aliphatic carbocycles. The van der Waals surface area contributed by atoms with E-state index in [1.807, 2.05) is 24.3 Å². The summed E-state index contributed by atoms with van der Waals surface area (Å²) < 4.78 is 20.2. The Bertz CT molecular complexity index is 611. The molecule has 0 amide bonds. The van der Waals surface area contributed by atoms with Gasteiger partial charge >= 0.3 is 0 Å². The molecule has 1 unspecified atom stereocenters. The number of aliphatic hydroxyl groups is 1. The van der Waals surface area contributed by atoms with Crippen molar-refractivity contribution in [3.63, 3.8) is 0 Å². The minimum atomic E-state index is -1.35.